The van der Waals surface area contributed by atoms with Crippen LogP contribution in [0.25, 0.3) is 0 Å². The molecule has 4 heteroatoms. The summed E-state index contributed by atoms with van der Waals surface area (Å²) >= 11 is 0. The lowest BCUT2D eigenvalue weighted by Gasteiger charge is -2.37. The average molecular weight is 290 g/mol. The Balaban J connectivity index is 2.01. The second-order valence-corrected chi connectivity index (χ2v) is 6.34. The van der Waals surface area contributed by atoms with Crippen molar-refractivity contribution in [1.29, 1.82) is 0 Å². The molecule has 4 nitrogen and oxygen atoms in total. The van der Waals surface area contributed by atoms with Crippen molar-refractivity contribution < 1.29 is 9.53 Å². The summed E-state index contributed by atoms with van der Waals surface area (Å²) in [5.41, 5.74) is 8.03. The van der Waals surface area contributed by atoms with Gasteiger partial charge in [0.05, 0.1) is 13.0 Å². The van der Waals surface area contributed by atoms with Gasteiger partial charge in [0, 0.05) is 17.6 Å². The van der Waals surface area contributed by atoms with Gasteiger partial charge in [-0.25, -0.2) is 0 Å². The molecule has 1 fully saturated rings. The van der Waals surface area contributed by atoms with E-state index in [9.17, 15) is 4.79 Å². The summed E-state index contributed by atoms with van der Waals surface area (Å²) in [6.45, 7) is 4.49. The SMILES string of the molecule is COc1cc(C)ccc1CNC(=O)C1CCCCC1(C)N. The van der Waals surface area contributed by atoms with E-state index < -0.39 is 0 Å². The molecule has 1 amide bonds. The van der Waals surface area contributed by atoms with E-state index in [0.717, 1.165) is 42.6 Å². The number of methoxy groups -OCH3 is 1. The van der Waals surface area contributed by atoms with Crippen LogP contribution in [0.5, 0.6) is 5.75 Å². The average Bonchev–Trinajstić information content (AvgIpc) is 2.45. The highest BCUT2D eigenvalue weighted by Gasteiger charge is 2.37. The monoisotopic (exact) mass is 290 g/mol. The van der Waals surface area contributed by atoms with Gasteiger partial charge in [-0.2, -0.15) is 0 Å². The van der Waals surface area contributed by atoms with E-state index in [1.165, 1.54) is 0 Å². The predicted octanol–water partition coefficient (Wildman–Crippen LogP) is 2.53. The molecule has 0 aromatic heterocycles. The Labute approximate surface area is 127 Å². The molecular formula is C17H26N2O2. The van der Waals surface area contributed by atoms with E-state index in [1.54, 1.807) is 7.11 Å². The van der Waals surface area contributed by atoms with Gasteiger partial charge in [-0.3, -0.25) is 4.79 Å². The molecule has 0 bridgehead atoms. The van der Waals surface area contributed by atoms with Crippen molar-refractivity contribution in [2.75, 3.05) is 7.11 Å². The first-order valence-electron chi connectivity index (χ1n) is 7.64. The van der Waals surface area contributed by atoms with E-state index in [4.69, 9.17) is 10.5 Å². The van der Waals surface area contributed by atoms with Gasteiger partial charge in [-0.1, -0.05) is 25.0 Å². The Morgan fingerprint density at radius 1 is 1.48 bits per heavy atom. The minimum atomic E-state index is -0.389. The van der Waals surface area contributed by atoms with E-state index in [2.05, 4.69) is 5.32 Å². The molecule has 3 N–H and O–H groups in total. The molecule has 2 atom stereocenters. The zero-order chi connectivity index (χ0) is 15.5. The van der Waals surface area contributed by atoms with E-state index >= 15 is 0 Å². The molecule has 1 aliphatic carbocycles. The minimum Gasteiger partial charge on any atom is -0.496 e. The number of ether oxygens (including phenoxy) is 1. The van der Waals surface area contributed by atoms with Crippen LogP contribution in [0.4, 0.5) is 0 Å². The molecule has 0 aliphatic heterocycles. The lowest BCUT2D eigenvalue weighted by Crippen LogP contribution is -2.52. The highest BCUT2D eigenvalue weighted by Crippen LogP contribution is 2.31. The van der Waals surface area contributed by atoms with E-state index in [1.807, 2.05) is 32.0 Å². The molecule has 0 heterocycles. The van der Waals surface area contributed by atoms with Crippen molar-refractivity contribution in [2.45, 2.75) is 51.6 Å². The molecule has 0 radical (unpaired) electrons. The van der Waals surface area contributed by atoms with Gasteiger partial charge < -0.3 is 15.8 Å². The first-order chi connectivity index (χ1) is 9.94. The molecule has 0 spiro atoms. The zero-order valence-electron chi connectivity index (χ0n) is 13.2. The third-order valence-corrected chi connectivity index (χ3v) is 4.47. The summed E-state index contributed by atoms with van der Waals surface area (Å²) < 4.78 is 5.37. The van der Waals surface area contributed by atoms with Gasteiger partial charge in [-0.05, 0) is 38.3 Å². The van der Waals surface area contributed by atoms with Gasteiger partial charge in [0.1, 0.15) is 5.75 Å². The molecule has 0 saturated heterocycles. The molecule has 21 heavy (non-hydrogen) atoms. The van der Waals surface area contributed by atoms with Crippen LogP contribution in [0.15, 0.2) is 18.2 Å². The van der Waals surface area contributed by atoms with Crippen LogP contribution < -0.4 is 15.8 Å². The smallest absolute Gasteiger partial charge is 0.225 e. The maximum absolute atomic E-state index is 12.4. The van der Waals surface area contributed by atoms with Crippen LogP contribution in [-0.2, 0) is 11.3 Å². The van der Waals surface area contributed by atoms with Crippen molar-refractivity contribution in [1.82, 2.24) is 5.32 Å². The summed E-state index contributed by atoms with van der Waals surface area (Å²) in [6, 6.07) is 6.00. The number of nitrogens with two attached hydrogens (primary N) is 1. The van der Waals surface area contributed by atoms with Crippen molar-refractivity contribution in [3.63, 3.8) is 0 Å². The second-order valence-electron chi connectivity index (χ2n) is 6.34. The molecular weight excluding hydrogens is 264 g/mol. The third-order valence-electron chi connectivity index (χ3n) is 4.47. The Bertz CT molecular complexity index is 512. The summed E-state index contributed by atoms with van der Waals surface area (Å²) in [4.78, 5) is 12.4. The van der Waals surface area contributed by atoms with Gasteiger partial charge in [0.15, 0.2) is 0 Å². The largest absolute Gasteiger partial charge is 0.496 e. The number of hydrogen-bond donors (Lipinski definition) is 2. The molecule has 1 aromatic carbocycles. The van der Waals surface area contributed by atoms with Gasteiger partial charge in [0.25, 0.3) is 0 Å². The number of aryl methyl sites for hydroxylation is 1. The molecule has 1 saturated carbocycles. The van der Waals surface area contributed by atoms with Crippen molar-refractivity contribution in [3.8, 4) is 5.75 Å². The highest BCUT2D eigenvalue weighted by molar-refractivity contribution is 5.80. The minimum absolute atomic E-state index is 0.0577. The molecule has 2 rings (SSSR count). The summed E-state index contributed by atoms with van der Waals surface area (Å²) in [5.74, 6) is 0.777. The fraction of sp³-hybridized carbons (Fsp3) is 0.588. The van der Waals surface area contributed by atoms with Crippen molar-refractivity contribution in [3.05, 3.63) is 29.3 Å². The molecule has 1 aliphatic rings. The molecule has 116 valence electrons. The maximum Gasteiger partial charge on any atom is 0.225 e. The topological polar surface area (TPSA) is 64.3 Å². The first kappa shape index (κ1) is 15.8. The Kier molecular flexibility index (Phi) is 4.88. The number of benzene rings is 1. The summed E-state index contributed by atoms with van der Waals surface area (Å²) in [6.07, 6.45) is 3.99. The Morgan fingerprint density at radius 3 is 2.90 bits per heavy atom. The predicted molar refractivity (Wildman–Crippen MR) is 84.1 cm³/mol. The van der Waals surface area contributed by atoms with Gasteiger partial charge in [-0.15, -0.1) is 0 Å². The number of rotatable bonds is 4. The lowest BCUT2D eigenvalue weighted by atomic mass is 9.74. The normalized spacial score (nSPS) is 25.4. The van der Waals surface area contributed by atoms with Crippen molar-refractivity contribution >= 4 is 5.91 Å². The fourth-order valence-electron chi connectivity index (χ4n) is 3.09. The van der Waals surface area contributed by atoms with Crippen LogP contribution >= 0.6 is 0 Å². The van der Waals surface area contributed by atoms with Gasteiger partial charge in [0.2, 0.25) is 5.91 Å². The van der Waals surface area contributed by atoms with Crippen LogP contribution in [-0.4, -0.2) is 18.6 Å². The molecule has 2 unspecified atom stereocenters. The van der Waals surface area contributed by atoms with Crippen LogP contribution in [0.1, 0.15) is 43.7 Å². The standard InChI is InChI=1S/C17H26N2O2/c1-12-7-8-13(15(10-12)21-3)11-19-16(20)14-6-4-5-9-17(14,2)18/h7-8,10,14H,4-6,9,11,18H2,1-3H3,(H,19,20). The summed E-state index contributed by atoms with van der Waals surface area (Å²) in [5, 5.41) is 3.02. The summed E-state index contributed by atoms with van der Waals surface area (Å²) in [7, 11) is 1.65. The highest BCUT2D eigenvalue weighted by atomic mass is 16.5. The van der Waals surface area contributed by atoms with Crippen LogP contribution in [0, 0.1) is 12.8 Å². The zero-order valence-corrected chi connectivity index (χ0v) is 13.2. The number of carbonyl (C=O) groups is 1. The number of carbonyl (C=O) groups excluding carboxylic acids is 1. The van der Waals surface area contributed by atoms with Crippen LogP contribution in [0.2, 0.25) is 0 Å². The quantitative estimate of drug-likeness (QED) is 0.895. The second kappa shape index (κ2) is 6.48. The maximum atomic E-state index is 12.4. The number of amides is 1. The molecule has 1 aromatic rings. The van der Waals surface area contributed by atoms with E-state index in [-0.39, 0.29) is 17.4 Å². The van der Waals surface area contributed by atoms with E-state index in [0.29, 0.717) is 6.54 Å². The first-order valence-corrected chi connectivity index (χ1v) is 7.64. The Morgan fingerprint density at radius 2 is 2.24 bits per heavy atom. The fourth-order valence-corrected chi connectivity index (χ4v) is 3.09. The number of nitrogens with one attached hydrogen (secondary N) is 1. The Hall–Kier alpha value is -1.55. The lowest BCUT2D eigenvalue weighted by molar-refractivity contribution is -0.128. The van der Waals surface area contributed by atoms with Crippen molar-refractivity contribution in [2.24, 2.45) is 11.7 Å². The number of hydrogen-bond acceptors (Lipinski definition) is 3. The third kappa shape index (κ3) is 3.76. The van der Waals surface area contributed by atoms with Gasteiger partial charge >= 0.3 is 0 Å². The van der Waals surface area contributed by atoms with Crippen LogP contribution in [0.3, 0.4) is 0 Å².